The molecule has 0 fully saturated rings. The smallest absolute Gasteiger partial charge is 0.0624 e. The van der Waals surface area contributed by atoms with Crippen LogP contribution in [-0.4, -0.2) is 21.8 Å². The third-order valence-corrected chi connectivity index (χ3v) is 3.48. The maximum atomic E-state index is 5.87. The number of pyridine rings is 1. The van der Waals surface area contributed by atoms with Crippen molar-refractivity contribution in [2.24, 2.45) is 7.05 Å². The summed E-state index contributed by atoms with van der Waals surface area (Å²) >= 11 is 5.87. The predicted molar refractivity (Wildman–Crippen MR) is 77.3 cm³/mol. The van der Waals surface area contributed by atoms with E-state index in [1.54, 1.807) is 6.20 Å². The van der Waals surface area contributed by atoms with E-state index in [1.165, 1.54) is 5.69 Å². The van der Waals surface area contributed by atoms with Crippen LogP contribution in [0.15, 0.2) is 24.4 Å². The Bertz CT molecular complexity index is 533. The normalized spacial score (nSPS) is 12.6. The first-order valence-electron chi connectivity index (χ1n) is 6.44. The predicted octanol–water partition coefficient (Wildman–Crippen LogP) is 2.53. The Morgan fingerprint density at radius 3 is 2.74 bits per heavy atom. The van der Waals surface area contributed by atoms with E-state index in [0.29, 0.717) is 5.02 Å². The molecule has 0 saturated heterocycles. The van der Waals surface area contributed by atoms with Crippen molar-refractivity contribution in [3.05, 3.63) is 46.5 Å². The molecule has 1 unspecified atom stereocenters. The zero-order valence-electron chi connectivity index (χ0n) is 11.5. The molecule has 0 bridgehead atoms. The molecule has 0 aliphatic heterocycles. The summed E-state index contributed by atoms with van der Waals surface area (Å²) in [6, 6.07) is 6.15. The summed E-state index contributed by atoms with van der Waals surface area (Å²) in [6.45, 7) is 2.11. The number of aromatic nitrogens is 3. The molecule has 102 valence electrons. The summed E-state index contributed by atoms with van der Waals surface area (Å²) < 4.78 is 1.94. The van der Waals surface area contributed by atoms with Gasteiger partial charge >= 0.3 is 0 Å². The Morgan fingerprint density at radius 2 is 2.21 bits per heavy atom. The molecule has 4 nitrogen and oxygen atoms in total. The van der Waals surface area contributed by atoms with Crippen molar-refractivity contribution in [2.45, 2.75) is 25.8 Å². The van der Waals surface area contributed by atoms with E-state index in [0.717, 1.165) is 24.2 Å². The molecule has 0 aromatic carbocycles. The highest BCUT2D eigenvalue weighted by Gasteiger charge is 2.14. The summed E-state index contributed by atoms with van der Waals surface area (Å²) in [5.41, 5.74) is 3.32. The van der Waals surface area contributed by atoms with Gasteiger partial charge in [0, 0.05) is 25.4 Å². The number of nitrogens with zero attached hydrogens (tertiary/aromatic N) is 3. The molecule has 2 rings (SSSR count). The zero-order chi connectivity index (χ0) is 13.8. The lowest BCUT2D eigenvalue weighted by molar-refractivity contribution is 0.548. The van der Waals surface area contributed by atoms with Crippen LogP contribution >= 0.6 is 11.6 Å². The van der Waals surface area contributed by atoms with Gasteiger partial charge in [0.15, 0.2) is 0 Å². The van der Waals surface area contributed by atoms with Crippen LogP contribution in [0, 0.1) is 0 Å². The topological polar surface area (TPSA) is 42.7 Å². The van der Waals surface area contributed by atoms with E-state index in [2.05, 4.69) is 28.4 Å². The van der Waals surface area contributed by atoms with E-state index in [4.69, 9.17) is 11.6 Å². The number of hydrogen-bond acceptors (Lipinski definition) is 3. The zero-order valence-corrected chi connectivity index (χ0v) is 12.3. The maximum absolute atomic E-state index is 5.87. The molecule has 1 N–H and O–H groups in total. The first-order chi connectivity index (χ1) is 9.13. The fourth-order valence-corrected chi connectivity index (χ4v) is 2.20. The standard InChI is InChI=1S/C14H19ClN4/c1-4-11-7-12(19(3)18-11)8-14(16-2)13-6-5-10(15)9-17-13/h5-7,9,14,16H,4,8H2,1-3H3. The molecule has 1 atom stereocenters. The van der Waals surface area contributed by atoms with Crippen molar-refractivity contribution in [1.82, 2.24) is 20.1 Å². The van der Waals surface area contributed by atoms with Crippen LogP contribution < -0.4 is 5.32 Å². The van der Waals surface area contributed by atoms with Crippen LogP contribution in [0.1, 0.15) is 30.0 Å². The molecule has 2 heterocycles. The molecule has 0 spiro atoms. The van der Waals surface area contributed by atoms with Gasteiger partial charge in [-0.2, -0.15) is 5.10 Å². The van der Waals surface area contributed by atoms with Crippen molar-refractivity contribution in [1.29, 1.82) is 0 Å². The van der Waals surface area contributed by atoms with Gasteiger partial charge in [0.05, 0.1) is 22.5 Å². The number of likely N-dealkylation sites (N-methyl/N-ethyl adjacent to an activating group) is 1. The average molecular weight is 279 g/mol. The molecule has 2 aromatic heterocycles. The lowest BCUT2D eigenvalue weighted by Gasteiger charge is -2.15. The van der Waals surface area contributed by atoms with Gasteiger partial charge in [-0.15, -0.1) is 0 Å². The Labute approximate surface area is 118 Å². The van der Waals surface area contributed by atoms with Gasteiger partial charge in [-0.1, -0.05) is 18.5 Å². The third kappa shape index (κ3) is 3.33. The highest BCUT2D eigenvalue weighted by molar-refractivity contribution is 6.30. The maximum Gasteiger partial charge on any atom is 0.0624 e. The van der Waals surface area contributed by atoms with Gasteiger partial charge < -0.3 is 5.32 Å². The van der Waals surface area contributed by atoms with E-state index < -0.39 is 0 Å². The van der Waals surface area contributed by atoms with Crippen LogP contribution in [0.2, 0.25) is 5.02 Å². The van der Waals surface area contributed by atoms with Gasteiger partial charge in [-0.3, -0.25) is 9.67 Å². The Balaban J connectivity index is 2.18. The second kappa shape index (κ2) is 6.17. The number of rotatable bonds is 5. The fraction of sp³-hybridized carbons (Fsp3) is 0.429. The molecule has 0 saturated carbocycles. The van der Waals surface area contributed by atoms with Crippen LogP contribution in [0.25, 0.3) is 0 Å². The average Bonchev–Trinajstić information content (AvgIpc) is 2.78. The van der Waals surface area contributed by atoms with Gasteiger partial charge in [0.2, 0.25) is 0 Å². The minimum Gasteiger partial charge on any atom is -0.311 e. The van der Waals surface area contributed by atoms with E-state index in [9.17, 15) is 0 Å². The lowest BCUT2D eigenvalue weighted by Crippen LogP contribution is -2.21. The number of nitrogens with one attached hydrogen (secondary N) is 1. The second-order valence-electron chi connectivity index (χ2n) is 4.55. The highest BCUT2D eigenvalue weighted by atomic mass is 35.5. The Hall–Kier alpha value is -1.39. The highest BCUT2D eigenvalue weighted by Crippen LogP contribution is 2.18. The van der Waals surface area contributed by atoms with E-state index >= 15 is 0 Å². The monoisotopic (exact) mass is 278 g/mol. The Kier molecular flexibility index (Phi) is 4.56. The van der Waals surface area contributed by atoms with Crippen LogP contribution in [-0.2, 0) is 19.9 Å². The van der Waals surface area contributed by atoms with Gasteiger partial charge in [0.1, 0.15) is 0 Å². The fourth-order valence-electron chi connectivity index (χ4n) is 2.09. The van der Waals surface area contributed by atoms with Crippen LogP contribution in [0.5, 0.6) is 0 Å². The minimum atomic E-state index is 0.164. The summed E-state index contributed by atoms with van der Waals surface area (Å²) in [5.74, 6) is 0. The van der Waals surface area contributed by atoms with Crippen molar-refractivity contribution >= 4 is 11.6 Å². The summed E-state index contributed by atoms with van der Waals surface area (Å²) in [5, 5.41) is 8.43. The lowest BCUT2D eigenvalue weighted by atomic mass is 10.1. The molecule has 0 aliphatic carbocycles. The largest absolute Gasteiger partial charge is 0.311 e. The molecule has 2 aromatic rings. The molecule has 0 radical (unpaired) electrons. The third-order valence-electron chi connectivity index (χ3n) is 3.26. The van der Waals surface area contributed by atoms with Crippen molar-refractivity contribution in [3.63, 3.8) is 0 Å². The number of aryl methyl sites for hydroxylation is 2. The van der Waals surface area contributed by atoms with Crippen molar-refractivity contribution in [2.75, 3.05) is 7.05 Å². The summed E-state index contributed by atoms with van der Waals surface area (Å²) in [7, 11) is 3.93. The first-order valence-corrected chi connectivity index (χ1v) is 6.82. The summed E-state index contributed by atoms with van der Waals surface area (Å²) in [6.07, 6.45) is 3.49. The Morgan fingerprint density at radius 1 is 1.42 bits per heavy atom. The van der Waals surface area contributed by atoms with Gasteiger partial charge in [0.25, 0.3) is 0 Å². The minimum absolute atomic E-state index is 0.164. The molecule has 5 heteroatoms. The van der Waals surface area contributed by atoms with Crippen molar-refractivity contribution in [3.8, 4) is 0 Å². The number of hydrogen-bond donors (Lipinski definition) is 1. The first kappa shape index (κ1) is 14.0. The molecule has 0 aliphatic rings. The quantitative estimate of drug-likeness (QED) is 0.914. The summed E-state index contributed by atoms with van der Waals surface area (Å²) in [4.78, 5) is 4.38. The van der Waals surface area contributed by atoms with Crippen LogP contribution in [0.4, 0.5) is 0 Å². The molecular formula is C14H19ClN4. The molecule has 19 heavy (non-hydrogen) atoms. The molecular weight excluding hydrogens is 260 g/mol. The molecule has 0 amide bonds. The number of halogens is 1. The van der Waals surface area contributed by atoms with Crippen LogP contribution in [0.3, 0.4) is 0 Å². The SMILES string of the molecule is CCc1cc(CC(NC)c2ccc(Cl)cn2)n(C)n1. The van der Waals surface area contributed by atoms with Crippen molar-refractivity contribution < 1.29 is 0 Å². The second-order valence-corrected chi connectivity index (χ2v) is 4.99. The van der Waals surface area contributed by atoms with Gasteiger partial charge in [-0.25, -0.2) is 0 Å². The van der Waals surface area contributed by atoms with E-state index in [1.807, 2.05) is 30.9 Å². The van der Waals surface area contributed by atoms with E-state index in [-0.39, 0.29) is 6.04 Å². The van der Waals surface area contributed by atoms with Gasteiger partial charge in [-0.05, 0) is 31.7 Å².